The molecule has 1 aromatic heterocycles. The van der Waals surface area contributed by atoms with E-state index in [0.717, 1.165) is 33.3 Å². The first-order valence-corrected chi connectivity index (χ1v) is 10.5. The number of aryl methyl sites for hydroxylation is 2. The minimum atomic E-state index is -0.191. The molecule has 0 bridgehead atoms. The average molecular weight is 403 g/mol. The summed E-state index contributed by atoms with van der Waals surface area (Å²) in [5.74, 6) is 0.00539. The molecule has 0 aliphatic rings. The van der Waals surface area contributed by atoms with E-state index in [2.05, 4.69) is 10.8 Å². The van der Waals surface area contributed by atoms with Gasteiger partial charge in [-0.2, -0.15) is 0 Å². The Labute approximate surface area is 174 Å². The number of hydrogen-bond donors (Lipinski definition) is 2. The first-order valence-electron chi connectivity index (χ1n) is 9.31. The molecule has 29 heavy (non-hydrogen) atoms. The molecule has 4 rings (SSSR count). The van der Waals surface area contributed by atoms with Gasteiger partial charge in [0.05, 0.1) is 5.69 Å². The van der Waals surface area contributed by atoms with Crippen molar-refractivity contribution in [2.75, 3.05) is 16.7 Å². The highest BCUT2D eigenvalue weighted by Crippen LogP contribution is 2.34. The zero-order valence-corrected chi connectivity index (χ0v) is 17.4. The molecular formula is C24H22N2O2S. The number of furan rings is 1. The van der Waals surface area contributed by atoms with Gasteiger partial charge in [0.25, 0.3) is 0 Å². The molecule has 0 saturated heterocycles. The third-order valence-corrected chi connectivity index (χ3v) is 5.42. The number of nitrogen functional groups attached to an aromatic ring is 1. The SMILES string of the molecule is CSNc1cccc(-c2ccc3c(N)c(C(=O)c4ccc(C)cc4C)oc3c2)c1. The number of fused-ring (bicyclic) bond motifs is 1. The van der Waals surface area contributed by atoms with Gasteiger partial charge in [-0.3, -0.25) is 4.79 Å². The van der Waals surface area contributed by atoms with Gasteiger partial charge in [-0.15, -0.1) is 0 Å². The summed E-state index contributed by atoms with van der Waals surface area (Å²) < 4.78 is 9.18. The van der Waals surface area contributed by atoms with Crippen LogP contribution in [0.15, 0.2) is 65.1 Å². The van der Waals surface area contributed by atoms with E-state index >= 15 is 0 Å². The third kappa shape index (κ3) is 3.61. The van der Waals surface area contributed by atoms with Crippen LogP contribution in [0.4, 0.5) is 11.4 Å². The summed E-state index contributed by atoms with van der Waals surface area (Å²) >= 11 is 1.55. The van der Waals surface area contributed by atoms with Crippen molar-refractivity contribution < 1.29 is 9.21 Å². The average Bonchev–Trinajstić information content (AvgIpc) is 3.04. The Bertz CT molecular complexity index is 1230. The summed E-state index contributed by atoms with van der Waals surface area (Å²) in [5, 5.41) is 0.750. The molecule has 0 radical (unpaired) electrons. The lowest BCUT2D eigenvalue weighted by molar-refractivity contribution is 0.101. The fourth-order valence-electron chi connectivity index (χ4n) is 3.54. The van der Waals surface area contributed by atoms with Crippen molar-refractivity contribution >= 4 is 40.1 Å². The largest absolute Gasteiger partial charge is 0.450 e. The van der Waals surface area contributed by atoms with Crippen LogP contribution in [-0.4, -0.2) is 12.0 Å². The molecule has 0 fully saturated rings. The van der Waals surface area contributed by atoms with Gasteiger partial charge in [-0.25, -0.2) is 0 Å². The number of nitrogens with two attached hydrogens (primary N) is 1. The molecule has 146 valence electrons. The van der Waals surface area contributed by atoms with Crippen LogP contribution >= 0.6 is 11.9 Å². The first kappa shape index (κ1) is 19.2. The van der Waals surface area contributed by atoms with Gasteiger partial charge in [0.1, 0.15) is 5.58 Å². The number of rotatable bonds is 5. The van der Waals surface area contributed by atoms with E-state index in [1.54, 1.807) is 11.9 Å². The van der Waals surface area contributed by atoms with Crippen molar-refractivity contribution in [3.8, 4) is 11.1 Å². The molecule has 0 aliphatic carbocycles. The summed E-state index contributed by atoms with van der Waals surface area (Å²) in [4.78, 5) is 13.1. The minimum Gasteiger partial charge on any atom is -0.450 e. The van der Waals surface area contributed by atoms with E-state index in [-0.39, 0.29) is 11.5 Å². The molecule has 3 aromatic carbocycles. The Kier molecular flexibility index (Phi) is 5.07. The predicted octanol–water partition coefficient (Wildman–Crippen LogP) is 6.22. The highest BCUT2D eigenvalue weighted by Gasteiger charge is 2.21. The molecular weight excluding hydrogens is 380 g/mol. The van der Waals surface area contributed by atoms with Crippen LogP contribution < -0.4 is 10.5 Å². The Morgan fingerprint density at radius 2 is 1.79 bits per heavy atom. The van der Waals surface area contributed by atoms with Crippen LogP contribution in [0, 0.1) is 13.8 Å². The van der Waals surface area contributed by atoms with E-state index in [0.29, 0.717) is 16.8 Å². The summed E-state index contributed by atoms with van der Waals surface area (Å²) in [5.41, 5.74) is 13.0. The maximum absolute atomic E-state index is 13.1. The van der Waals surface area contributed by atoms with Gasteiger partial charge in [0.15, 0.2) is 5.76 Å². The second-order valence-corrected chi connectivity index (χ2v) is 7.70. The molecule has 0 atom stereocenters. The van der Waals surface area contributed by atoms with Gasteiger partial charge in [0, 0.05) is 22.9 Å². The number of benzene rings is 3. The highest BCUT2D eigenvalue weighted by molar-refractivity contribution is 7.99. The quantitative estimate of drug-likeness (QED) is 0.306. The Morgan fingerprint density at radius 3 is 2.55 bits per heavy atom. The smallest absolute Gasteiger partial charge is 0.230 e. The van der Waals surface area contributed by atoms with E-state index in [9.17, 15) is 4.79 Å². The van der Waals surface area contributed by atoms with Crippen molar-refractivity contribution in [3.05, 3.63) is 83.1 Å². The van der Waals surface area contributed by atoms with Crippen LogP contribution in [0.25, 0.3) is 22.1 Å². The minimum absolute atomic E-state index is 0.191. The molecule has 0 saturated carbocycles. The number of carbonyl (C=O) groups is 1. The Morgan fingerprint density at radius 1 is 1.00 bits per heavy atom. The molecule has 5 heteroatoms. The fourth-order valence-corrected chi connectivity index (χ4v) is 3.90. The van der Waals surface area contributed by atoms with Crippen LogP contribution in [0.1, 0.15) is 27.2 Å². The van der Waals surface area contributed by atoms with Gasteiger partial charge in [-0.05, 0) is 54.8 Å². The monoisotopic (exact) mass is 402 g/mol. The third-order valence-electron chi connectivity index (χ3n) is 4.98. The second-order valence-electron chi connectivity index (χ2n) is 7.09. The zero-order chi connectivity index (χ0) is 20.5. The van der Waals surface area contributed by atoms with Crippen molar-refractivity contribution in [3.63, 3.8) is 0 Å². The molecule has 4 aromatic rings. The Balaban J connectivity index is 1.76. The normalized spacial score (nSPS) is 11.0. The zero-order valence-electron chi connectivity index (χ0n) is 16.6. The molecule has 0 aliphatic heterocycles. The summed E-state index contributed by atoms with van der Waals surface area (Å²) in [6.07, 6.45) is 1.98. The van der Waals surface area contributed by atoms with Crippen molar-refractivity contribution in [1.82, 2.24) is 0 Å². The highest BCUT2D eigenvalue weighted by atomic mass is 32.2. The number of carbonyl (C=O) groups excluding carboxylic acids is 1. The molecule has 4 nitrogen and oxygen atoms in total. The lowest BCUT2D eigenvalue weighted by Crippen LogP contribution is -2.05. The predicted molar refractivity (Wildman–Crippen MR) is 123 cm³/mol. The number of ketones is 1. The van der Waals surface area contributed by atoms with Crippen LogP contribution in [-0.2, 0) is 0 Å². The second kappa shape index (κ2) is 7.68. The Hall–Kier alpha value is -3.18. The summed E-state index contributed by atoms with van der Waals surface area (Å²) in [7, 11) is 0. The van der Waals surface area contributed by atoms with E-state index in [4.69, 9.17) is 10.2 Å². The summed E-state index contributed by atoms with van der Waals surface area (Å²) in [6.45, 7) is 3.93. The van der Waals surface area contributed by atoms with Gasteiger partial charge in [-0.1, -0.05) is 53.9 Å². The molecule has 1 heterocycles. The first-order chi connectivity index (χ1) is 14.0. The van der Waals surface area contributed by atoms with Crippen LogP contribution in [0.3, 0.4) is 0 Å². The van der Waals surface area contributed by atoms with Gasteiger partial charge < -0.3 is 14.9 Å². The standard InChI is InChI=1S/C24H22N2O2S/c1-14-7-9-19(15(2)11-14)23(27)24-22(25)20-10-8-17(13-21(20)28-24)16-5-4-6-18(12-16)26-29-3/h4-13,26H,25H2,1-3H3. The van der Waals surface area contributed by atoms with Crippen molar-refractivity contribution in [2.24, 2.45) is 0 Å². The summed E-state index contributed by atoms with van der Waals surface area (Å²) in [6, 6.07) is 19.7. The lowest BCUT2D eigenvalue weighted by Gasteiger charge is -2.06. The molecule has 0 unspecified atom stereocenters. The van der Waals surface area contributed by atoms with Crippen LogP contribution in [0.5, 0.6) is 0 Å². The lowest BCUT2D eigenvalue weighted by atomic mass is 10.00. The van der Waals surface area contributed by atoms with Gasteiger partial charge in [0.2, 0.25) is 5.78 Å². The van der Waals surface area contributed by atoms with Gasteiger partial charge >= 0.3 is 0 Å². The number of nitrogens with one attached hydrogen (secondary N) is 1. The molecule has 3 N–H and O–H groups in total. The maximum atomic E-state index is 13.1. The number of anilines is 2. The van der Waals surface area contributed by atoms with Crippen LogP contribution in [0.2, 0.25) is 0 Å². The maximum Gasteiger partial charge on any atom is 0.230 e. The van der Waals surface area contributed by atoms with E-state index in [1.807, 2.05) is 74.7 Å². The van der Waals surface area contributed by atoms with E-state index < -0.39 is 0 Å². The fraction of sp³-hybridized carbons (Fsp3) is 0.125. The topological polar surface area (TPSA) is 68.3 Å². The van der Waals surface area contributed by atoms with E-state index in [1.165, 1.54) is 0 Å². The molecule has 0 amide bonds. The van der Waals surface area contributed by atoms with Crippen molar-refractivity contribution in [2.45, 2.75) is 13.8 Å². The molecule has 0 spiro atoms. The van der Waals surface area contributed by atoms with Crippen molar-refractivity contribution in [1.29, 1.82) is 0 Å². The number of hydrogen-bond acceptors (Lipinski definition) is 5.